The minimum absolute atomic E-state index is 0.0581. The zero-order valence-electron chi connectivity index (χ0n) is 9.99. The number of nitrogens with two attached hydrogens (primary N) is 1. The molecule has 0 aliphatic carbocycles. The molecule has 10 heteroatoms. The number of carbonyl (C=O) groups is 1. The second-order valence-corrected chi connectivity index (χ2v) is 5.25. The Bertz CT molecular complexity index is 633. The third kappa shape index (κ3) is 3.03. The van der Waals surface area contributed by atoms with Crippen molar-refractivity contribution in [2.45, 2.75) is 4.90 Å². The fourth-order valence-corrected chi connectivity index (χ4v) is 2.08. The molecule has 0 saturated carbocycles. The molecule has 0 unspecified atom stereocenters. The number of primary sulfonamides is 1. The predicted octanol–water partition coefficient (Wildman–Crippen LogP) is -1.11. The fraction of sp³-hybridized carbons (Fsp3) is 0.333. The standard InChI is InChI=1S/C9H12N4O5S/c1-13-4-7(19(10,15)16)8(12-13)11-9(14)6-5-17-2-3-18-6/h4-5H,2-3H2,1H3,(H2,10,15,16)(H,11,12,14). The number of carbonyl (C=O) groups excluding carboxylic acids is 1. The number of ether oxygens (including phenoxy) is 2. The highest BCUT2D eigenvalue weighted by Gasteiger charge is 2.22. The van der Waals surface area contributed by atoms with E-state index in [2.05, 4.69) is 10.4 Å². The molecule has 104 valence electrons. The number of sulfonamides is 1. The summed E-state index contributed by atoms with van der Waals surface area (Å²) >= 11 is 0. The maximum Gasteiger partial charge on any atom is 0.295 e. The summed E-state index contributed by atoms with van der Waals surface area (Å²) in [5.41, 5.74) is 0. The molecule has 9 nitrogen and oxygen atoms in total. The van der Waals surface area contributed by atoms with Gasteiger partial charge >= 0.3 is 0 Å². The maximum absolute atomic E-state index is 11.8. The second-order valence-electron chi connectivity index (χ2n) is 3.72. The summed E-state index contributed by atoms with van der Waals surface area (Å²) in [4.78, 5) is 11.5. The van der Waals surface area contributed by atoms with Crippen LogP contribution in [0.25, 0.3) is 0 Å². The Hall–Kier alpha value is -2.07. The molecule has 3 N–H and O–H groups in total. The number of anilines is 1. The van der Waals surface area contributed by atoms with Gasteiger partial charge in [0, 0.05) is 13.2 Å². The Morgan fingerprint density at radius 2 is 2.26 bits per heavy atom. The summed E-state index contributed by atoms with van der Waals surface area (Å²) in [6.45, 7) is 0.590. The first-order valence-electron chi connectivity index (χ1n) is 5.20. The van der Waals surface area contributed by atoms with E-state index in [0.717, 1.165) is 6.26 Å². The van der Waals surface area contributed by atoms with Crippen molar-refractivity contribution in [2.24, 2.45) is 12.2 Å². The number of hydrogen-bond acceptors (Lipinski definition) is 6. The lowest BCUT2D eigenvalue weighted by Gasteiger charge is -2.14. The zero-order valence-corrected chi connectivity index (χ0v) is 10.8. The molecule has 1 aliphatic rings. The summed E-state index contributed by atoms with van der Waals surface area (Å²) in [7, 11) is -2.47. The number of amides is 1. The first-order valence-corrected chi connectivity index (χ1v) is 6.75. The minimum atomic E-state index is -3.98. The molecule has 1 aliphatic heterocycles. The topological polar surface area (TPSA) is 126 Å². The van der Waals surface area contributed by atoms with Gasteiger partial charge in [-0.05, 0) is 0 Å². The average Bonchev–Trinajstić information content (AvgIpc) is 2.71. The fourth-order valence-electron chi connectivity index (χ4n) is 1.42. The molecule has 2 rings (SSSR count). The van der Waals surface area contributed by atoms with E-state index in [0.29, 0.717) is 6.61 Å². The molecular weight excluding hydrogens is 276 g/mol. The predicted molar refractivity (Wildman–Crippen MR) is 63.2 cm³/mol. The van der Waals surface area contributed by atoms with Crippen molar-refractivity contribution in [1.29, 1.82) is 0 Å². The lowest BCUT2D eigenvalue weighted by molar-refractivity contribution is -0.117. The van der Waals surface area contributed by atoms with Gasteiger partial charge in [0.15, 0.2) is 5.82 Å². The Balaban J connectivity index is 2.24. The van der Waals surface area contributed by atoms with Gasteiger partial charge in [0.1, 0.15) is 24.4 Å². The summed E-state index contributed by atoms with van der Waals surface area (Å²) in [5.74, 6) is -0.884. The summed E-state index contributed by atoms with van der Waals surface area (Å²) in [6.07, 6.45) is 2.34. The summed E-state index contributed by atoms with van der Waals surface area (Å²) in [6, 6.07) is 0. The normalized spacial score (nSPS) is 15.2. The van der Waals surface area contributed by atoms with Gasteiger partial charge in [0.25, 0.3) is 5.91 Å². The van der Waals surface area contributed by atoms with Crippen LogP contribution >= 0.6 is 0 Å². The van der Waals surface area contributed by atoms with Gasteiger partial charge in [-0.1, -0.05) is 0 Å². The monoisotopic (exact) mass is 288 g/mol. The number of aryl methyl sites for hydroxylation is 1. The smallest absolute Gasteiger partial charge is 0.295 e. The van der Waals surface area contributed by atoms with Gasteiger partial charge in [0.05, 0.1) is 0 Å². The van der Waals surface area contributed by atoms with Gasteiger partial charge in [-0.2, -0.15) is 5.10 Å². The van der Waals surface area contributed by atoms with Crippen LogP contribution in [0.3, 0.4) is 0 Å². The molecule has 1 aromatic heterocycles. The molecule has 0 saturated heterocycles. The minimum Gasteiger partial charge on any atom is -0.494 e. The SMILES string of the molecule is Cn1cc(S(N)(=O)=O)c(NC(=O)C2=COCCO2)n1. The molecule has 0 atom stereocenters. The van der Waals surface area contributed by atoms with Crippen LogP contribution in [0, 0.1) is 0 Å². The highest BCUT2D eigenvalue weighted by molar-refractivity contribution is 7.89. The zero-order chi connectivity index (χ0) is 14.0. The van der Waals surface area contributed by atoms with Crippen LogP contribution in [0.4, 0.5) is 5.82 Å². The lowest BCUT2D eigenvalue weighted by atomic mass is 10.4. The van der Waals surface area contributed by atoms with Crippen molar-refractivity contribution in [1.82, 2.24) is 9.78 Å². The third-order valence-corrected chi connectivity index (χ3v) is 3.12. The van der Waals surface area contributed by atoms with E-state index in [9.17, 15) is 13.2 Å². The molecule has 1 amide bonds. The Morgan fingerprint density at radius 3 is 2.84 bits per heavy atom. The number of nitrogens with zero attached hydrogens (tertiary/aromatic N) is 2. The van der Waals surface area contributed by atoms with Gasteiger partial charge in [-0.3, -0.25) is 9.48 Å². The Labute approximate surface area is 109 Å². The first kappa shape index (κ1) is 13.4. The van der Waals surface area contributed by atoms with Crippen LogP contribution in [0.5, 0.6) is 0 Å². The summed E-state index contributed by atoms with van der Waals surface area (Å²) < 4.78 is 33.9. The van der Waals surface area contributed by atoms with E-state index >= 15 is 0 Å². The molecule has 0 fully saturated rings. The number of aromatic nitrogens is 2. The summed E-state index contributed by atoms with van der Waals surface area (Å²) in [5, 5.41) is 11.1. The van der Waals surface area contributed by atoms with Gasteiger partial charge in [-0.25, -0.2) is 13.6 Å². The van der Waals surface area contributed by atoms with E-state index in [1.54, 1.807) is 0 Å². The molecular formula is C9H12N4O5S. The van der Waals surface area contributed by atoms with E-state index in [1.807, 2.05) is 0 Å². The Kier molecular flexibility index (Phi) is 3.44. The Morgan fingerprint density at radius 1 is 1.53 bits per heavy atom. The average molecular weight is 288 g/mol. The maximum atomic E-state index is 11.8. The molecule has 0 radical (unpaired) electrons. The molecule has 1 aromatic rings. The van der Waals surface area contributed by atoms with Crippen molar-refractivity contribution in [3.63, 3.8) is 0 Å². The van der Waals surface area contributed by atoms with Crippen LogP contribution < -0.4 is 10.5 Å². The number of rotatable bonds is 3. The molecule has 19 heavy (non-hydrogen) atoms. The van der Waals surface area contributed by atoms with Gasteiger partial charge < -0.3 is 14.8 Å². The molecule has 0 aromatic carbocycles. The quantitative estimate of drug-likeness (QED) is 0.726. The van der Waals surface area contributed by atoms with Gasteiger partial charge in [0.2, 0.25) is 15.8 Å². The van der Waals surface area contributed by atoms with Crippen LogP contribution in [-0.4, -0.2) is 37.3 Å². The van der Waals surface area contributed by atoms with Crippen LogP contribution in [-0.2, 0) is 31.3 Å². The molecule has 0 spiro atoms. The highest BCUT2D eigenvalue weighted by atomic mass is 32.2. The first-order chi connectivity index (χ1) is 8.88. The van der Waals surface area contributed by atoms with Crippen molar-refractivity contribution < 1.29 is 22.7 Å². The van der Waals surface area contributed by atoms with E-state index < -0.39 is 15.9 Å². The molecule has 2 heterocycles. The van der Waals surface area contributed by atoms with Crippen LogP contribution in [0.15, 0.2) is 23.1 Å². The van der Waals surface area contributed by atoms with Crippen LogP contribution in [0.1, 0.15) is 0 Å². The second kappa shape index (κ2) is 4.90. The van der Waals surface area contributed by atoms with Crippen molar-refractivity contribution >= 4 is 21.7 Å². The van der Waals surface area contributed by atoms with Crippen molar-refractivity contribution in [3.05, 3.63) is 18.2 Å². The van der Waals surface area contributed by atoms with Crippen LogP contribution in [0.2, 0.25) is 0 Å². The van der Waals surface area contributed by atoms with E-state index in [4.69, 9.17) is 14.6 Å². The van der Waals surface area contributed by atoms with E-state index in [-0.39, 0.29) is 23.1 Å². The van der Waals surface area contributed by atoms with Crippen molar-refractivity contribution in [3.8, 4) is 0 Å². The largest absolute Gasteiger partial charge is 0.494 e. The third-order valence-electron chi connectivity index (χ3n) is 2.21. The van der Waals surface area contributed by atoms with E-state index in [1.165, 1.54) is 17.9 Å². The van der Waals surface area contributed by atoms with Gasteiger partial charge in [-0.15, -0.1) is 0 Å². The number of nitrogens with one attached hydrogen (secondary N) is 1. The highest BCUT2D eigenvalue weighted by Crippen LogP contribution is 2.18. The lowest BCUT2D eigenvalue weighted by Crippen LogP contribution is -2.23. The molecule has 0 bridgehead atoms. The number of hydrogen-bond donors (Lipinski definition) is 2. The van der Waals surface area contributed by atoms with Crippen molar-refractivity contribution in [2.75, 3.05) is 18.5 Å².